The first-order valence-corrected chi connectivity index (χ1v) is 14.3. The van der Waals surface area contributed by atoms with Crippen LogP contribution in [0.4, 0.5) is 0 Å². The number of cyclic esters (lactones) is 1. The molecule has 10 nitrogen and oxygen atoms in total. The average Bonchev–Trinajstić information content (AvgIpc) is 2.84. The molecule has 0 aliphatic carbocycles. The van der Waals surface area contributed by atoms with Crippen LogP contribution in [0.1, 0.15) is 67.2 Å². The molecule has 2 fully saturated rings. The van der Waals surface area contributed by atoms with E-state index in [0.717, 1.165) is 12.8 Å². The molecule has 10 heteroatoms. The van der Waals surface area contributed by atoms with Crippen molar-refractivity contribution in [2.45, 2.75) is 104 Å². The van der Waals surface area contributed by atoms with Crippen LogP contribution >= 0.6 is 0 Å². The Hall–Kier alpha value is -1.14. The van der Waals surface area contributed by atoms with Crippen LogP contribution in [0.15, 0.2) is 0 Å². The third-order valence-corrected chi connectivity index (χ3v) is 8.19. The van der Waals surface area contributed by atoms with Crippen molar-refractivity contribution in [2.75, 3.05) is 54.6 Å². The number of methoxy groups -OCH3 is 2. The predicted octanol–water partition coefficient (Wildman–Crippen LogP) is 2.70. The molecule has 2 aliphatic heterocycles. The Balaban J connectivity index is 2.42. The molecule has 2 saturated heterocycles. The lowest BCUT2D eigenvalue weighted by molar-refractivity contribution is -0.304. The molecule has 0 amide bonds. The molecule has 0 aromatic carbocycles. The van der Waals surface area contributed by atoms with E-state index < -0.39 is 41.6 Å². The first kappa shape index (κ1) is 34.1. The Morgan fingerprint density at radius 2 is 1.74 bits per heavy atom. The molecule has 0 saturated carbocycles. The van der Waals surface area contributed by atoms with Crippen LogP contribution in [0, 0.1) is 17.3 Å². The average molecular weight is 559 g/mol. The summed E-state index contributed by atoms with van der Waals surface area (Å²) < 4.78 is 29.4. The molecule has 0 aromatic rings. The van der Waals surface area contributed by atoms with Crippen molar-refractivity contribution in [1.29, 1.82) is 0 Å². The summed E-state index contributed by atoms with van der Waals surface area (Å²) in [7, 11) is 7.16. The number of aliphatic hydroxyl groups is 1. The number of esters is 1. The van der Waals surface area contributed by atoms with Gasteiger partial charge in [0.05, 0.1) is 18.2 Å². The number of aliphatic hydroxyl groups excluding tert-OH is 1. The quantitative estimate of drug-likeness (QED) is 0.271. The van der Waals surface area contributed by atoms with Gasteiger partial charge in [-0.15, -0.1) is 0 Å². The number of carbonyl (C=O) groups excluding carboxylic acids is 2. The van der Waals surface area contributed by atoms with Gasteiger partial charge in [0.15, 0.2) is 12.1 Å². The Kier molecular flexibility index (Phi) is 12.8. The van der Waals surface area contributed by atoms with Gasteiger partial charge in [0.25, 0.3) is 0 Å². The predicted molar refractivity (Wildman–Crippen MR) is 148 cm³/mol. The summed E-state index contributed by atoms with van der Waals surface area (Å²) in [5, 5.41) is 11.1. The van der Waals surface area contributed by atoms with Gasteiger partial charge in [-0.3, -0.25) is 14.5 Å². The van der Waals surface area contributed by atoms with Crippen molar-refractivity contribution in [3.63, 3.8) is 0 Å². The number of nitrogens with zero attached hydrogens (tertiary/aromatic N) is 2. The molecule has 0 bridgehead atoms. The Morgan fingerprint density at radius 3 is 2.33 bits per heavy atom. The monoisotopic (exact) mass is 558 g/mol. The summed E-state index contributed by atoms with van der Waals surface area (Å²) in [6.07, 6.45) is -0.434. The number of hydrogen-bond donors (Lipinski definition) is 1. The van der Waals surface area contributed by atoms with Crippen LogP contribution in [0.2, 0.25) is 0 Å². The van der Waals surface area contributed by atoms with Gasteiger partial charge >= 0.3 is 5.97 Å². The van der Waals surface area contributed by atoms with Crippen LogP contribution in [0.5, 0.6) is 0 Å². The molecule has 8 atom stereocenters. The van der Waals surface area contributed by atoms with E-state index in [1.54, 1.807) is 28.1 Å². The summed E-state index contributed by atoms with van der Waals surface area (Å²) in [5.74, 6) is -1.05. The Labute approximate surface area is 235 Å². The van der Waals surface area contributed by atoms with Crippen LogP contribution in [0.25, 0.3) is 0 Å². The van der Waals surface area contributed by atoms with Crippen LogP contribution in [-0.2, 0) is 33.3 Å². The van der Waals surface area contributed by atoms with E-state index in [1.807, 2.05) is 39.8 Å². The van der Waals surface area contributed by atoms with E-state index in [-0.39, 0.29) is 30.4 Å². The minimum Gasteiger partial charge on any atom is -0.433 e. The number of ketones is 1. The second-order valence-corrected chi connectivity index (χ2v) is 12.7. The molecule has 2 aliphatic rings. The first-order chi connectivity index (χ1) is 18.1. The SMILES string of the molecule is COCCCN1CC(C)CC(C)(OC)CC(C)C(=O)C(C)(C)C(=O)OC(O[C@@H]2O[C@H](C)C[C@H](N(C)C)[C@H]2O)C1. The van der Waals surface area contributed by atoms with E-state index in [0.29, 0.717) is 32.5 Å². The molecule has 228 valence electrons. The van der Waals surface area contributed by atoms with E-state index in [4.69, 9.17) is 23.7 Å². The minimum atomic E-state index is -1.39. The summed E-state index contributed by atoms with van der Waals surface area (Å²) in [4.78, 5) is 31.2. The van der Waals surface area contributed by atoms with Gasteiger partial charge in [0.2, 0.25) is 6.29 Å². The topological polar surface area (TPSA) is 107 Å². The zero-order chi connectivity index (χ0) is 29.5. The van der Waals surface area contributed by atoms with Crippen molar-refractivity contribution in [3.8, 4) is 0 Å². The third-order valence-electron chi connectivity index (χ3n) is 8.19. The molecule has 4 unspecified atom stereocenters. The lowest BCUT2D eigenvalue weighted by Gasteiger charge is -2.42. The number of ether oxygens (including phenoxy) is 5. The number of likely N-dealkylation sites (N-methyl/N-ethyl adjacent to an activating group) is 1. The van der Waals surface area contributed by atoms with Crippen molar-refractivity contribution >= 4 is 11.8 Å². The summed E-state index contributed by atoms with van der Waals surface area (Å²) in [6.45, 7) is 13.4. The van der Waals surface area contributed by atoms with Gasteiger partial charge in [-0.2, -0.15) is 0 Å². The Morgan fingerprint density at radius 1 is 1.08 bits per heavy atom. The molecular formula is C29H54N2O8. The molecule has 0 spiro atoms. The maximum absolute atomic E-state index is 13.5. The molecule has 0 aromatic heterocycles. The highest BCUT2D eigenvalue weighted by Crippen LogP contribution is 2.34. The molecule has 2 rings (SSSR count). The standard InChI is InChI=1S/C29H54N2O8/c1-19-15-29(6,36-10)16-20(2)25(33)28(4,5)27(34)39-23(18-31(17-19)12-11-13-35-9)38-26-24(32)22(30(7)8)14-21(3)37-26/h19-24,26,32H,11-18H2,1-10H3/t19?,20?,21-,22+,23?,24-,26+,29?/m1/s1. The van der Waals surface area contributed by atoms with E-state index in [1.165, 1.54) is 0 Å². The van der Waals surface area contributed by atoms with Crippen LogP contribution < -0.4 is 0 Å². The summed E-state index contributed by atoms with van der Waals surface area (Å²) in [6, 6.07) is -0.173. The van der Waals surface area contributed by atoms with Crippen molar-refractivity contribution in [3.05, 3.63) is 0 Å². The highest BCUT2D eigenvalue weighted by molar-refractivity contribution is 6.03. The van der Waals surface area contributed by atoms with Crippen molar-refractivity contribution in [1.82, 2.24) is 9.80 Å². The fraction of sp³-hybridized carbons (Fsp3) is 0.931. The zero-order valence-electron chi connectivity index (χ0n) is 25.9. The van der Waals surface area contributed by atoms with Crippen LogP contribution in [0.3, 0.4) is 0 Å². The minimum absolute atomic E-state index is 0.153. The number of Topliss-reactive ketones (excluding diaryl/α,β-unsaturated/α-hetero) is 1. The van der Waals surface area contributed by atoms with Gasteiger partial charge in [-0.25, -0.2) is 0 Å². The fourth-order valence-electron chi connectivity index (χ4n) is 6.03. The second-order valence-electron chi connectivity index (χ2n) is 12.7. The second kappa shape index (κ2) is 14.7. The van der Waals surface area contributed by atoms with Gasteiger partial charge in [0.1, 0.15) is 11.5 Å². The summed E-state index contributed by atoms with van der Waals surface area (Å²) >= 11 is 0. The van der Waals surface area contributed by atoms with E-state index in [2.05, 4.69) is 11.8 Å². The van der Waals surface area contributed by atoms with Crippen molar-refractivity contribution < 1.29 is 38.4 Å². The summed E-state index contributed by atoms with van der Waals surface area (Å²) in [5.41, 5.74) is -1.91. The van der Waals surface area contributed by atoms with Gasteiger partial charge < -0.3 is 33.7 Å². The van der Waals surface area contributed by atoms with E-state index in [9.17, 15) is 14.7 Å². The van der Waals surface area contributed by atoms with Gasteiger partial charge in [-0.1, -0.05) is 13.8 Å². The van der Waals surface area contributed by atoms with E-state index >= 15 is 0 Å². The highest BCUT2D eigenvalue weighted by Gasteiger charge is 2.45. The molecule has 2 heterocycles. The van der Waals surface area contributed by atoms with Gasteiger partial charge in [0, 0.05) is 45.9 Å². The molecular weight excluding hydrogens is 504 g/mol. The molecule has 39 heavy (non-hydrogen) atoms. The number of rotatable bonds is 8. The Bertz CT molecular complexity index is 793. The molecule has 0 radical (unpaired) electrons. The first-order valence-electron chi connectivity index (χ1n) is 14.3. The van der Waals surface area contributed by atoms with Crippen LogP contribution in [-0.4, -0.2) is 118 Å². The maximum atomic E-state index is 13.5. The van der Waals surface area contributed by atoms with Crippen molar-refractivity contribution in [2.24, 2.45) is 17.3 Å². The number of hydrogen-bond acceptors (Lipinski definition) is 10. The largest absolute Gasteiger partial charge is 0.433 e. The number of carbonyl (C=O) groups is 2. The fourth-order valence-corrected chi connectivity index (χ4v) is 6.03. The normalized spacial score (nSPS) is 37.6. The lowest BCUT2D eigenvalue weighted by Crippen LogP contribution is -2.56. The zero-order valence-corrected chi connectivity index (χ0v) is 25.9. The highest BCUT2D eigenvalue weighted by atomic mass is 16.8. The third kappa shape index (κ3) is 9.45. The lowest BCUT2D eigenvalue weighted by atomic mass is 9.76. The smallest absolute Gasteiger partial charge is 0.321 e. The molecule has 1 N–H and O–H groups in total. The maximum Gasteiger partial charge on any atom is 0.321 e. The van der Waals surface area contributed by atoms with Gasteiger partial charge in [-0.05, 0) is 73.4 Å².